The minimum atomic E-state index is -0.540. The summed E-state index contributed by atoms with van der Waals surface area (Å²) in [5, 5.41) is 18.9. The van der Waals surface area contributed by atoms with Crippen LogP contribution in [0.5, 0.6) is 0 Å². The van der Waals surface area contributed by atoms with Crippen LogP contribution in [0.15, 0.2) is 29.8 Å². The molecule has 2 rings (SSSR count). The lowest BCUT2D eigenvalue weighted by Gasteiger charge is -2.31. The van der Waals surface area contributed by atoms with Crippen molar-refractivity contribution in [2.24, 2.45) is 0 Å². The quantitative estimate of drug-likeness (QED) is 0.855. The standard InChI is InChI=1S/C16H20N2O2/c1-12(19)15-4-3-14(10-17)9-16(15)18-7-5-13(6-8-18)11-20-2/h3-5,9,12,19H,6-8,11H2,1-2H3. The van der Waals surface area contributed by atoms with Crippen molar-refractivity contribution in [3.63, 3.8) is 0 Å². The van der Waals surface area contributed by atoms with E-state index in [2.05, 4.69) is 17.0 Å². The topological polar surface area (TPSA) is 56.5 Å². The monoisotopic (exact) mass is 272 g/mol. The molecule has 0 saturated heterocycles. The molecule has 1 aliphatic heterocycles. The van der Waals surface area contributed by atoms with Crippen LogP contribution in [-0.2, 0) is 4.74 Å². The van der Waals surface area contributed by atoms with Crippen molar-refractivity contribution in [3.8, 4) is 6.07 Å². The highest BCUT2D eigenvalue weighted by Gasteiger charge is 2.17. The van der Waals surface area contributed by atoms with Crippen molar-refractivity contribution >= 4 is 5.69 Å². The smallest absolute Gasteiger partial charge is 0.0992 e. The maximum atomic E-state index is 9.89. The van der Waals surface area contributed by atoms with Gasteiger partial charge in [0.25, 0.3) is 0 Å². The van der Waals surface area contributed by atoms with E-state index < -0.39 is 6.10 Å². The highest BCUT2D eigenvalue weighted by atomic mass is 16.5. The third-order valence-electron chi connectivity index (χ3n) is 3.58. The average Bonchev–Trinajstić information content (AvgIpc) is 2.47. The van der Waals surface area contributed by atoms with Gasteiger partial charge in [-0.25, -0.2) is 0 Å². The first-order valence-electron chi connectivity index (χ1n) is 6.79. The molecule has 1 N–H and O–H groups in total. The number of aliphatic hydroxyl groups excluding tert-OH is 1. The summed E-state index contributed by atoms with van der Waals surface area (Å²) >= 11 is 0. The molecule has 0 aromatic heterocycles. The third-order valence-corrected chi connectivity index (χ3v) is 3.58. The summed E-state index contributed by atoms with van der Waals surface area (Å²) in [5.41, 5.74) is 3.74. The lowest BCUT2D eigenvalue weighted by Crippen LogP contribution is -2.30. The van der Waals surface area contributed by atoms with Crippen LogP contribution in [0.1, 0.15) is 30.6 Å². The van der Waals surface area contributed by atoms with E-state index in [-0.39, 0.29) is 0 Å². The van der Waals surface area contributed by atoms with Gasteiger partial charge in [-0.1, -0.05) is 12.1 Å². The summed E-state index contributed by atoms with van der Waals surface area (Å²) < 4.78 is 5.15. The SMILES string of the molecule is COCC1=CCN(c2cc(C#N)ccc2C(C)O)CC1. The van der Waals surface area contributed by atoms with Gasteiger partial charge >= 0.3 is 0 Å². The molecule has 0 amide bonds. The van der Waals surface area contributed by atoms with Gasteiger partial charge in [-0.3, -0.25) is 0 Å². The molecule has 1 unspecified atom stereocenters. The molecule has 106 valence electrons. The number of methoxy groups -OCH3 is 1. The molecule has 1 atom stereocenters. The first-order valence-corrected chi connectivity index (χ1v) is 6.79. The van der Waals surface area contributed by atoms with E-state index >= 15 is 0 Å². The highest BCUT2D eigenvalue weighted by molar-refractivity contribution is 5.59. The van der Waals surface area contributed by atoms with Gasteiger partial charge in [-0.15, -0.1) is 0 Å². The zero-order valence-electron chi connectivity index (χ0n) is 12.0. The Balaban J connectivity index is 2.26. The van der Waals surface area contributed by atoms with Gasteiger partial charge in [0.15, 0.2) is 0 Å². The van der Waals surface area contributed by atoms with Crippen LogP contribution < -0.4 is 4.90 Å². The number of hydrogen-bond donors (Lipinski definition) is 1. The molecule has 0 radical (unpaired) electrons. The van der Waals surface area contributed by atoms with E-state index in [4.69, 9.17) is 10.00 Å². The summed E-state index contributed by atoms with van der Waals surface area (Å²) in [7, 11) is 1.70. The van der Waals surface area contributed by atoms with E-state index in [9.17, 15) is 5.11 Å². The molecule has 0 saturated carbocycles. The van der Waals surface area contributed by atoms with Crippen LogP contribution >= 0.6 is 0 Å². The summed E-state index contributed by atoms with van der Waals surface area (Å²) in [6, 6.07) is 7.61. The van der Waals surface area contributed by atoms with E-state index in [0.29, 0.717) is 12.2 Å². The van der Waals surface area contributed by atoms with E-state index in [0.717, 1.165) is 30.8 Å². The Morgan fingerprint density at radius 1 is 1.50 bits per heavy atom. The molecule has 1 heterocycles. The van der Waals surface area contributed by atoms with Crippen molar-refractivity contribution in [2.75, 3.05) is 31.7 Å². The molecule has 0 fully saturated rings. The minimum Gasteiger partial charge on any atom is -0.389 e. The van der Waals surface area contributed by atoms with Gasteiger partial charge in [0.1, 0.15) is 0 Å². The molecule has 0 spiro atoms. The van der Waals surface area contributed by atoms with E-state index in [1.165, 1.54) is 5.57 Å². The fraction of sp³-hybridized carbons (Fsp3) is 0.438. The van der Waals surface area contributed by atoms with E-state index in [1.807, 2.05) is 12.1 Å². The molecule has 1 aromatic rings. The lowest BCUT2D eigenvalue weighted by atomic mass is 10.0. The number of aliphatic hydroxyl groups is 1. The van der Waals surface area contributed by atoms with E-state index in [1.54, 1.807) is 20.1 Å². The number of anilines is 1. The van der Waals surface area contributed by atoms with Crippen molar-refractivity contribution in [1.29, 1.82) is 5.26 Å². The number of rotatable bonds is 4. The first-order chi connectivity index (χ1) is 9.65. The molecule has 20 heavy (non-hydrogen) atoms. The van der Waals surface area contributed by atoms with Crippen molar-refractivity contribution in [3.05, 3.63) is 41.0 Å². The van der Waals surface area contributed by atoms with Gasteiger partial charge in [0.2, 0.25) is 0 Å². The summed E-state index contributed by atoms with van der Waals surface area (Å²) in [6.07, 6.45) is 2.57. The van der Waals surface area contributed by atoms with Gasteiger partial charge in [-0.2, -0.15) is 5.26 Å². The highest BCUT2D eigenvalue weighted by Crippen LogP contribution is 2.29. The van der Waals surface area contributed by atoms with Gasteiger partial charge < -0.3 is 14.7 Å². The normalized spacial score (nSPS) is 16.5. The van der Waals surface area contributed by atoms with Gasteiger partial charge in [-0.05, 0) is 31.1 Å². The van der Waals surface area contributed by atoms with Crippen LogP contribution in [0, 0.1) is 11.3 Å². The predicted molar refractivity (Wildman–Crippen MR) is 78.6 cm³/mol. The molecular formula is C16H20N2O2. The van der Waals surface area contributed by atoms with Crippen LogP contribution in [0.4, 0.5) is 5.69 Å². The van der Waals surface area contributed by atoms with Crippen molar-refractivity contribution in [1.82, 2.24) is 0 Å². The Morgan fingerprint density at radius 2 is 2.30 bits per heavy atom. The number of ether oxygens (including phenoxy) is 1. The Hall–Kier alpha value is -1.83. The fourth-order valence-corrected chi connectivity index (χ4v) is 2.49. The summed E-state index contributed by atoms with van der Waals surface area (Å²) in [4.78, 5) is 2.20. The maximum Gasteiger partial charge on any atom is 0.0992 e. The molecule has 4 heteroatoms. The third kappa shape index (κ3) is 3.19. The Morgan fingerprint density at radius 3 is 2.85 bits per heavy atom. The largest absolute Gasteiger partial charge is 0.389 e. The number of nitriles is 1. The zero-order chi connectivity index (χ0) is 14.5. The predicted octanol–water partition coefficient (Wildman–Crippen LogP) is 2.39. The Bertz CT molecular complexity index is 544. The molecular weight excluding hydrogens is 252 g/mol. The van der Waals surface area contributed by atoms with Crippen molar-refractivity contribution in [2.45, 2.75) is 19.4 Å². The maximum absolute atomic E-state index is 9.89. The second-order valence-electron chi connectivity index (χ2n) is 5.05. The zero-order valence-corrected chi connectivity index (χ0v) is 12.0. The summed E-state index contributed by atoms with van der Waals surface area (Å²) in [5.74, 6) is 0. The molecule has 0 bridgehead atoms. The first kappa shape index (κ1) is 14.6. The average molecular weight is 272 g/mol. The molecule has 1 aromatic carbocycles. The van der Waals surface area contributed by atoms with Crippen LogP contribution in [0.25, 0.3) is 0 Å². The Labute approximate surface area is 119 Å². The van der Waals surface area contributed by atoms with Crippen LogP contribution in [-0.4, -0.2) is 31.9 Å². The van der Waals surface area contributed by atoms with Crippen molar-refractivity contribution < 1.29 is 9.84 Å². The van der Waals surface area contributed by atoms with Crippen LogP contribution in [0.3, 0.4) is 0 Å². The lowest BCUT2D eigenvalue weighted by molar-refractivity contribution is 0.199. The number of nitrogens with zero attached hydrogens (tertiary/aromatic N) is 2. The molecule has 1 aliphatic rings. The number of hydrogen-bond acceptors (Lipinski definition) is 4. The van der Waals surface area contributed by atoms with Gasteiger partial charge in [0, 0.05) is 31.5 Å². The second-order valence-corrected chi connectivity index (χ2v) is 5.05. The summed E-state index contributed by atoms with van der Waals surface area (Å²) in [6.45, 7) is 4.09. The molecule has 4 nitrogen and oxygen atoms in total. The Kier molecular flexibility index (Phi) is 4.78. The number of benzene rings is 1. The minimum absolute atomic E-state index is 0.540. The second kappa shape index (κ2) is 6.56. The molecule has 0 aliphatic carbocycles. The fourth-order valence-electron chi connectivity index (χ4n) is 2.49. The van der Waals surface area contributed by atoms with Crippen LogP contribution in [0.2, 0.25) is 0 Å². The van der Waals surface area contributed by atoms with Gasteiger partial charge in [0.05, 0.1) is 24.3 Å².